The smallest absolute Gasteiger partial charge is 0.197 e. The first-order chi connectivity index (χ1) is 8.69. The van der Waals surface area contributed by atoms with Gasteiger partial charge in [0.25, 0.3) is 0 Å². The zero-order valence-corrected chi connectivity index (χ0v) is 11.9. The maximum Gasteiger partial charge on any atom is 0.197 e. The second-order valence-electron chi connectivity index (χ2n) is 3.98. The molecule has 2 aromatic rings. The minimum atomic E-state index is 0.874. The third-order valence-electron chi connectivity index (χ3n) is 2.85. The highest BCUT2D eigenvalue weighted by molar-refractivity contribution is 7.17. The highest BCUT2D eigenvalue weighted by Gasteiger charge is 2.11. The van der Waals surface area contributed by atoms with Gasteiger partial charge in [0.15, 0.2) is 5.06 Å². The highest BCUT2D eigenvalue weighted by atomic mass is 32.1. The zero-order valence-electron chi connectivity index (χ0n) is 11.1. The summed E-state index contributed by atoms with van der Waals surface area (Å²) in [6, 6.07) is 6.17. The van der Waals surface area contributed by atoms with Crippen molar-refractivity contribution in [3.63, 3.8) is 0 Å². The number of benzene rings is 1. The molecule has 3 nitrogen and oxygen atoms in total. The van der Waals surface area contributed by atoms with Crippen LogP contribution in [-0.4, -0.2) is 19.2 Å². The molecule has 0 saturated carbocycles. The van der Waals surface area contributed by atoms with Gasteiger partial charge in [0, 0.05) is 5.56 Å². The van der Waals surface area contributed by atoms with Crippen LogP contribution in [0.4, 0.5) is 0 Å². The van der Waals surface area contributed by atoms with E-state index in [4.69, 9.17) is 9.47 Å². The van der Waals surface area contributed by atoms with Crippen molar-refractivity contribution in [2.75, 3.05) is 14.2 Å². The molecular formula is C14H17NO2S. The molecule has 0 N–H and O–H groups in total. The number of rotatable bonds is 4. The maximum atomic E-state index is 5.34. The summed E-state index contributed by atoms with van der Waals surface area (Å²) in [6.45, 7) is 4.08. The predicted octanol–water partition coefficient (Wildman–Crippen LogP) is 3.70. The molecule has 0 aliphatic rings. The molecule has 0 spiro atoms. The molecule has 18 heavy (non-hydrogen) atoms. The van der Waals surface area contributed by atoms with Crippen LogP contribution in [0.2, 0.25) is 0 Å². The molecule has 1 heterocycles. The van der Waals surface area contributed by atoms with Crippen molar-refractivity contribution < 1.29 is 9.47 Å². The first-order valence-corrected chi connectivity index (χ1v) is 6.70. The molecule has 4 heteroatoms. The fraction of sp³-hybridized carbons (Fsp3) is 0.357. The van der Waals surface area contributed by atoms with Crippen LogP contribution in [-0.2, 0) is 6.42 Å². The van der Waals surface area contributed by atoms with Crippen molar-refractivity contribution >= 4 is 11.3 Å². The van der Waals surface area contributed by atoms with Crippen molar-refractivity contribution in [3.05, 3.63) is 29.5 Å². The molecule has 0 aliphatic carbocycles. The molecule has 1 aromatic carbocycles. The summed E-state index contributed by atoms with van der Waals surface area (Å²) in [5, 5.41) is 1.86. The summed E-state index contributed by atoms with van der Waals surface area (Å²) >= 11 is 1.57. The Morgan fingerprint density at radius 2 is 2.00 bits per heavy atom. The number of hydrogen-bond donors (Lipinski definition) is 0. The van der Waals surface area contributed by atoms with Crippen LogP contribution in [0.25, 0.3) is 10.6 Å². The molecule has 0 aliphatic heterocycles. The summed E-state index contributed by atoms with van der Waals surface area (Å²) in [6.07, 6.45) is 0.943. The minimum absolute atomic E-state index is 0.874. The lowest BCUT2D eigenvalue weighted by Crippen LogP contribution is -1.91. The second kappa shape index (κ2) is 5.40. The Hall–Kier alpha value is -1.55. The molecule has 0 bridgehead atoms. The van der Waals surface area contributed by atoms with Gasteiger partial charge in [0.2, 0.25) is 0 Å². The van der Waals surface area contributed by atoms with Crippen molar-refractivity contribution in [2.45, 2.75) is 20.3 Å². The fourth-order valence-corrected chi connectivity index (χ4v) is 2.76. The Labute approximate surface area is 111 Å². The van der Waals surface area contributed by atoms with Crippen LogP contribution in [0.1, 0.15) is 18.2 Å². The van der Waals surface area contributed by atoms with Crippen molar-refractivity contribution in [1.82, 2.24) is 4.98 Å². The lowest BCUT2D eigenvalue weighted by Gasteiger charge is -2.07. The summed E-state index contributed by atoms with van der Waals surface area (Å²) in [5.41, 5.74) is 3.25. The SMILES string of the molecule is CCc1cc(-c2nc(C)c(OC)s2)ccc1OC. The van der Waals surface area contributed by atoms with Crippen LogP contribution in [0.5, 0.6) is 10.8 Å². The number of thiazole rings is 1. The standard InChI is InChI=1S/C14H17NO2S/c1-5-10-8-11(6-7-12(10)16-3)13-15-9(2)14(17-4)18-13/h6-8H,5H2,1-4H3. The fourth-order valence-electron chi connectivity index (χ4n) is 1.88. The van der Waals surface area contributed by atoms with Gasteiger partial charge in [0.1, 0.15) is 10.8 Å². The topological polar surface area (TPSA) is 31.4 Å². The lowest BCUT2D eigenvalue weighted by molar-refractivity contribution is 0.410. The van der Waals surface area contributed by atoms with E-state index in [1.54, 1.807) is 25.6 Å². The Morgan fingerprint density at radius 3 is 2.56 bits per heavy atom. The van der Waals surface area contributed by atoms with E-state index in [0.29, 0.717) is 0 Å². The first-order valence-electron chi connectivity index (χ1n) is 5.88. The number of aromatic nitrogens is 1. The third-order valence-corrected chi connectivity index (χ3v) is 4.02. The third kappa shape index (κ3) is 2.34. The Kier molecular flexibility index (Phi) is 3.87. The molecule has 0 radical (unpaired) electrons. The Morgan fingerprint density at radius 1 is 1.22 bits per heavy atom. The minimum Gasteiger partial charge on any atom is -0.496 e. The summed E-state index contributed by atoms with van der Waals surface area (Å²) < 4.78 is 10.6. The van der Waals surface area contributed by atoms with Crippen LogP contribution < -0.4 is 9.47 Å². The van der Waals surface area contributed by atoms with Crippen molar-refractivity contribution in [2.24, 2.45) is 0 Å². The average Bonchev–Trinajstić information content (AvgIpc) is 2.79. The zero-order chi connectivity index (χ0) is 13.1. The van der Waals surface area contributed by atoms with Crippen LogP contribution >= 0.6 is 11.3 Å². The van der Waals surface area contributed by atoms with Gasteiger partial charge in [-0.25, -0.2) is 4.98 Å². The number of methoxy groups -OCH3 is 2. The quantitative estimate of drug-likeness (QED) is 0.843. The van der Waals surface area contributed by atoms with Crippen LogP contribution in [0.15, 0.2) is 18.2 Å². The number of ether oxygens (including phenoxy) is 2. The van der Waals surface area contributed by atoms with Gasteiger partial charge in [-0.05, 0) is 37.1 Å². The van der Waals surface area contributed by atoms with E-state index in [9.17, 15) is 0 Å². The van der Waals surface area contributed by atoms with Gasteiger partial charge < -0.3 is 9.47 Å². The molecule has 0 atom stereocenters. The van der Waals surface area contributed by atoms with Gasteiger partial charge in [-0.15, -0.1) is 0 Å². The van der Waals surface area contributed by atoms with Gasteiger partial charge in [-0.2, -0.15) is 0 Å². The molecule has 0 fully saturated rings. The molecular weight excluding hydrogens is 246 g/mol. The van der Waals surface area contributed by atoms with Gasteiger partial charge in [-0.1, -0.05) is 18.3 Å². The second-order valence-corrected chi connectivity index (χ2v) is 4.94. The summed E-state index contributed by atoms with van der Waals surface area (Å²) in [4.78, 5) is 4.54. The van der Waals surface area contributed by atoms with E-state index in [2.05, 4.69) is 18.0 Å². The lowest BCUT2D eigenvalue weighted by atomic mass is 10.1. The molecule has 0 unspecified atom stereocenters. The van der Waals surface area contributed by atoms with E-state index >= 15 is 0 Å². The Balaban J connectivity index is 2.44. The average molecular weight is 263 g/mol. The largest absolute Gasteiger partial charge is 0.496 e. The maximum absolute atomic E-state index is 5.34. The van der Waals surface area contributed by atoms with E-state index in [0.717, 1.165) is 33.5 Å². The Bertz CT molecular complexity index is 549. The first kappa shape index (κ1) is 12.9. The predicted molar refractivity (Wildman–Crippen MR) is 74.8 cm³/mol. The number of aryl methyl sites for hydroxylation is 2. The van der Waals surface area contributed by atoms with E-state index in [-0.39, 0.29) is 0 Å². The van der Waals surface area contributed by atoms with Gasteiger partial charge in [-0.3, -0.25) is 0 Å². The van der Waals surface area contributed by atoms with E-state index < -0.39 is 0 Å². The molecule has 1 aromatic heterocycles. The molecule has 0 amide bonds. The normalized spacial score (nSPS) is 10.4. The van der Waals surface area contributed by atoms with Gasteiger partial charge >= 0.3 is 0 Å². The van der Waals surface area contributed by atoms with Crippen LogP contribution in [0.3, 0.4) is 0 Å². The molecule has 2 rings (SSSR count). The van der Waals surface area contributed by atoms with Crippen molar-refractivity contribution in [1.29, 1.82) is 0 Å². The molecule has 96 valence electrons. The summed E-state index contributed by atoms with van der Waals surface area (Å²) in [7, 11) is 3.38. The summed E-state index contributed by atoms with van der Waals surface area (Å²) in [5.74, 6) is 0.932. The monoisotopic (exact) mass is 263 g/mol. The van der Waals surface area contributed by atoms with Gasteiger partial charge in [0.05, 0.1) is 19.9 Å². The molecule has 0 saturated heterocycles. The van der Waals surface area contributed by atoms with E-state index in [1.165, 1.54) is 5.56 Å². The number of nitrogens with zero attached hydrogens (tertiary/aromatic N) is 1. The number of hydrogen-bond acceptors (Lipinski definition) is 4. The van der Waals surface area contributed by atoms with E-state index in [1.807, 2.05) is 19.1 Å². The van der Waals surface area contributed by atoms with Crippen LogP contribution in [0, 0.1) is 6.92 Å². The highest BCUT2D eigenvalue weighted by Crippen LogP contribution is 2.35. The van der Waals surface area contributed by atoms with Crippen molar-refractivity contribution in [3.8, 4) is 21.4 Å².